The van der Waals surface area contributed by atoms with Crippen molar-refractivity contribution in [2.75, 3.05) is 19.9 Å². The topological polar surface area (TPSA) is 71.3 Å². The van der Waals surface area contributed by atoms with E-state index in [4.69, 9.17) is 4.74 Å². The summed E-state index contributed by atoms with van der Waals surface area (Å²) < 4.78 is 4.78. The molecule has 0 aliphatic rings. The van der Waals surface area contributed by atoms with Crippen LogP contribution in [0.25, 0.3) is 0 Å². The molecule has 23 heavy (non-hydrogen) atoms. The fraction of sp³-hybridized carbons (Fsp3) is 0.375. The van der Waals surface area contributed by atoms with Crippen LogP contribution in [0.5, 0.6) is 0 Å². The summed E-state index contributed by atoms with van der Waals surface area (Å²) >= 11 is 1.31. The van der Waals surface area contributed by atoms with Crippen molar-refractivity contribution in [1.29, 1.82) is 0 Å². The van der Waals surface area contributed by atoms with Gasteiger partial charge in [0.05, 0.1) is 19.2 Å². The van der Waals surface area contributed by atoms with Gasteiger partial charge in [-0.05, 0) is 18.7 Å². The normalized spacial score (nSPS) is 11.5. The van der Waals surface area contributed by atoms with Crippen LogP contribution in [0.2, 0.25) is 0 Å². The Balaban J connectivity index is 2.61. The van der Waals surface area contributed by atoms with Gasteiger partial charge in [-0.25, -0.2) is 5.01 Å². The first-order valence-electron chi connectivity index (χ1n) is 7.20. The minimum absolute atomic E-state index is 0.0269. The number of amidine groups is 1. The number of amides is 1. The first-order valence-corrected chi connectivity index (χ1v) is 8.43. The molecule has 0 atom stereocenters. The minimum atomic E-state index is -0.391. The number of hydrogen-bond donors (Lipinski definition) is 0. The van der Waals surface area contributed by atoms with Crippen LogP contribution in [0.1, 0.15) is 25.3 Å². The minimum Gasteiger partial charge on any atom is -0.466 e. The zero-order chi connectivity index (χ0) is 17.1. The molecule has 0 fully saturated rings. The van der Waals surface area contributed by atoms with Gasteiger partial charge in [-0.1, -0.05) is 42.1 Å². The summed E-state index contributed by atoms with van der Waals surface area (Å²) in [6.07, 6.45) is 3.56. The van der Waals surface area contributed by atoms with Crippen molar-refractivity contribution in [3.8, 4) is 0 Å². The molecule has 0 spiro atoms. The molecule has 0 N–H and O–H groups in total. The van der Waals surface area contributed by atoms with E-state index < -0.39 is 5.97 Å². The van der Waals surface area contributed by atoms with Gasteiger partial charge in [0.2, 0.25) is 5.91 Å². The number of hydrogen-bond acceptors (Lipinski definition) is 5. The van der Waals surface area contributed by atoms with Crippen molar-refractivity contribution >= 4 is 35.0 Å². The number of thioether (sulfide) groups is 1. The highest BCUT2D eigenvalue weighted by atomic mass is 32.2. The molecule has 1 amide bonds. The Kier molecular flexibility index (Phi) is 8.67. The highest BCUT2D eigenvalue weighted by Gasteiger charge is 2.10. The van der Waals surface area contributed by atoms with Crippen molar-refractivity contribution in [2.24, 2.45) is 10.1 Å². The predicted octanol–water partition coefficient (Wildman–Crippen LogP) is 2.54. The summed E-state index contributed by atoms with van der Waals surface area (Å²) in [6, 6.07) is 9.63. The molecule has 124 valence electrons. The van der Waals surface area contributed by atoms with E-state index in [1.54, 1.807) is 20.2 Å². The van der Waals surface area contributed by atoms with Gasteiger partial charge in [0, 0.05) is 13.5 Å². The third-order valence-electron chi connectivity index (χ3n) is 2.71. The Morgan fingerprint density at radius 2 is 1.96 bits per heavy atom. The zero-order valence-electron chi connectivity index (χ0n) is 13.6. The maximum Gasteiger partial charge on any atom is 0.306 e. The van der Waals surface area contributed by atoms with E-state index in [0.717, 1.165) is 5.56 Å². The van der Waals surface area contributed by atoms with E-state index in [1.807, 2.05) is 36.6 Å². The second-order valence-corrected chi connectivity index (χ2v) is 5.25. The van der Waals surface area contributed by atoms with E-state index in [1.165, 1.54) is 16.8 Å². The molecule has 0 aliphatic carbocycles. The maximum atomic E-state index is 11.8. The predicted molar refractivity (Wildman–Crippen MR) is 93.6 cm³/mol. The summed E-state index contributed by atoms with van der Waals surface area (Å²) in [4.78, 5) is 27.0. The fourth-order valence-corrected chi connectivity index (χ4v) is 2.10. The van der Waals surface area contributed by atoms with Gasteiger partial charge < -0.3 is 4.74 Å². The van der Waals surface area contributed by atoms with Crippen LogP contribution in [-0.4, -0.2) is 48.2 Å². The average Bonchev–Trinajstić information content (AvgIpc) is 2.57. The Morgan fingerprint density at radius 1 is 1.26 bits per heavy atom. The lowest BCUT2D eigenvalue weighted by Crippen LogP contribution is -2.20. The second-order valence-electron chi connectivity index (χ2n) is 4.48. The van der Waals surface area contributed by atoms with Gasteiger partial charge in [-0.3, -0.25) is 9.59 Å². The van der Waals surface area contributed by atoms with Crippen LogP contribution >= 0.6 is 11.8 Å². The van der Waals surface area contributed by atoms with Gasteiger partial charge in [-0.15, -0.1) is 0 Å². The molecule has 0 radical (unpaired) electrons. The SMILES string of the molecule is CCOC(=O)CCC(=O)N=C(SC)N(C)N=Cc1ccccc1. The molecule has 0 saturated heterocycles. The lowest BCUT2D eigenvalue weighted by atomic mass is 10.2. The number of hydrazone groups is 1. The van der Waals surface area contributed by atoms with Gasteiger partial charge in [-0.2, -0.15) is 10.1 Å². The highest BCUT2D eigenvalue weighted by Crippen LogP contribution is 2.06. The Morgan fingerprint density at radius 3 is 2.57 bits per heavy atom. The quantitative estimate of drug-likeness (QED) is 0.346. The number of carbonyl (C=O) groups is 2. The molecule has 0 saturated carbocycles. The number of benzene rings is 1. The van der Waals surface area contributed by atoms with Crippen molar-refractivity contribution in [3.63, 3.8) is 0 Å². The largest absolute Gasteiger partial charge is 0.466 e. The monoisotopic (exact) mass is 335 g/mol. The van der Waals surface area contributed by atoms with Crippen molar-refractivity contribution < 1.29 is 14.3 Å². The highest BCUT2D eigenvalue weighted by molar-refractivity contribution is 8.13. The van der Waals surface area contributed by atoms with E-state index in [0.29, 0.717) is 11.8 Å². The van der Waals surface area contributed by atoms with Crippen LogP contribution in [0.4, 0.5) is 0 Å². The molecule has 1 aromatic rings. The van der Waals surface area contributed by atoms with Crippen molar-refractivity contribution in [1.82, 2.24) is 5.01 Å². The third-order valence-corrected chi connectivity index (χ3v) is 3.43. The Bertz CT molecular complexity index is 573. The number of ether oxygens (including phenoxy) is 1. The summed E-state index contributed by atoms with van der Waals surface area (Å²) in [5.74, 6) is -0.763. The summed E-state index contributed by atoms with van der Waals surface area (Å²) in [5, 5.41) is 6.25. The molecule has 0 bridgehead atoms. The molecular weight excluding hydrogens is 314 g/mol. The van der Waals surface area contributed by atoms with E-state index in [9.17, 15) is 9.59 Å². The molecule has 0 aromatic heterocycles. The van der Waals surface area contributed by atoms with E-state index >= 15 is 0 Å². The molecule has 1 aromatic carbocycles. The lowest BCUT2D eigenvalue weighted by Gasteiger charge is -2.13. The summed E-state index contributed by atoms with van der Waals surface area (Å²) in [6.45, 7) is 2.03. The number of carbonyl (C=O) groups excluding carboxylic acids is 2. The van der Waals surface area contributed by atoms with E-state index in [-0.39, 0.29) is 18.7 Å². The summed E-state index contributed by atoms with van der Waals surface area (Å²) in [7, 11) is 1.72. The third kappa shape index (κ3) is 7.60. The molecule has 0 unspecified atom stereocenters. The van der Waals surface area contributed by atoms with Crippen LogP contribution < -0.4 is 0 Å². The molecular formula is C16H21N3O3S. The zero-order valence-corrected chi connectivity index (χ0v) is 14.4. The lowest BCUT2D eigenvalue weighted by molar-refractivity contribution is -0.144. The Labute approximate surface area is 140 Å². The number of rotatable bonds is 6. The second kappa shape index (κ2) is 10.6. The van der Waals surface area contributed by atoms with Crippen LogP contribution in [0.3, 0.4) is 0 Å². The number of aliphatic imine (C=N–C) groups is 1. The van der Waals surface area contributed by atoms with Gasteiger partial charge in [0.15, 0.2) is 5.17 Å². The van der Waals surface area contributed by atoms with Crippen LogP contribution in [0.15, 0.2) is 40.4 Å². The smallest absolute Gasteiger partial charge is 0.306 e. The maximum absolute atomic E-state index is 11.8. The molecule has 0 heterocycles. The average molecular weight is 335 g/mol. The van der Waals surface area contributed by atoms with Gasteiger partial charge >= 0.3 is 5.97 Å². The van der Waals surface area contributed by atoms with Crippen molar-refractivity contribution in [2.45, 2.75) is 19.8 Å². The fourth-order valence-electron chi connectivity index (χ4n) is 1.60. The number of nitrogens with zero attached hydrogens (tertiary/aromatic N) is 3. The first kappa shape index (κ1) is 18.9. The van der Waals surface area contributed by atoms with E-state index in [2.05, 4.69) is 10.1 Å². The standard InChI is InChI=1S/C16H21N3O3S/c1-4-22-15(21)11-10-14(20)18-16(23-3)19(2)17-12-13-8-6-5-7-9-13/h5-9,12H,4,10-11H2,1-3H3. The van der Waals surface area contributed by atoms with Gasteiger partial charge in [0.25, 0.3) is 0 Å². The Hall–Kier alpha value is -2.15. The van der Waals surface area contributed by atoms with Crippen LogP contribution in [-0.2, 0) is 14.3 Å². The molecule has 7 heteroatoms. The number of esters is 1. The first-order chi connectivity index (χ1) is 11.1. The summed E-state index contributed by atoms with van der Waals surface area (Å²) in [5.41, 5.74) is 0.952. The van der Waals surface area contributed by atoms with Crippen molar-refractivity contribution in [3.05, 3.63) is 35.9 Å². The van der Waals surface area contributed by atoms with Gasteiger partial charge in [0.1, 0.15) is 0 Å². The molecule has 6 nitrogen and oxygen atoms in total. The molecule has 1 rings (SSSR count). The van der Waals surface area contributed by atoms with Crippen LogP contribution in [0, 0.1) is 0 Å². The molecule has 0 aliphatic heterocycles.